The standard InChI is InChI=1S/C18H14N4O5S/c1-10(23)8-28-18-19-17(20-21-18)13-4-12(5-14(6-13)22(24)25)11-2-3-15-16(7-11)27-9-26-15/h2-7H,8-9H2,1H3,(H,19,20,21). The van der Waals surface area contributed by atoms with Gasteiger partial charge in [0.1, 0.15) is 5.78 Å². The molecule has 28 heavy (non-hydrogen) atoms. The monoisotopic (exact) mass is 398 g/mol. The first-order chi connectivity index (χ1) is 13.5. The number of nitrogens with one attached hydrogen (secondary N) is 1. The second kappa shape index (κ2) is 7.31. The van der Waals surface area contributed by atoms with Crippen LogP contribution in [0.5, 0.6) is 11.5 Å². The number of non-ortho nitro benzene ring substituents is 1. The average molecular weight is 398 g/mol. The number of H-pyrrole nitrogens is 1. The van der Waals surface area contributed by atoms with E-state index in [0.717, 1.165) is 5.56 Å². The molecule has 0 aliphatic carbocycles. The molecule has 0 radical (unpaired) electrons. The van der Waals surface area contributed by atoms with Crippen molar-refractivity contribution >= 4 is 23.2 Å². The van der Waals surface area contributed by atoms with Crippen molar-refractivity contribution < 1.29 is 19.2 Å². The van der Waals surface area contributed by atoms with Gasteiger partial charge in [-0.1, -0.05) is 17.8 Å². The van der Waals surface area contributed by atoms with E-state index in [2.05, 4.69) is 15.2 Å². The quantitative estimate of drug-likeness (QED) is 0.381. The molecule has 0 unspecified atom stereocenters. The van der Waals surface area contributed by atoms with Gasteiger partial charge in [0.25, 0.3) is 5.69 Å². The van der Waals surface area contributed by atoms with Crippen molar-refractivity contribution in [3.63, 3.8) is 0 Å². The van der Waals surface area contributed by atoms with Crippen molar-refractivity contribution in [2.24, 2.45) is 0 Å². The first-order valence-electron chi connectivity index (χ1n) is 8.24. The average Bonchev–Trinajstić information content (AvgIpc) is 3.34. The van der Waals surface area contributed by atoms with Crippen molar-refractivity contribution in [1.29, 1.82) is 0 Å². The molecule has 1 aliphatic heterocycles. The summed E-state index contributed by atoms with van der Waals surface area (Å²) in [4.78, 5) is 25.1. The number of ketones is 1. The molecule has 0 spiro atoms. The molecule has 1 aromatic heterocycles. The number of ether oxygens (including phenoxy) is 2. The molecular formula is C18H14N4O5S. The molecule has 142 valence electrons. The first kappa shape index (κ1) is 18.0. The SMILES string of the molecule is CC(=O)CSc1nnc(-c2cc(-c3ccc4c(c3)OCO4)cc([N+](=O)[O-])c2)[nH]1. The Morgan fingerprint density at radius 3 is 2.71 bits per heavy atom. The number of thioether (sulfide) groups is 1. The molecule has 4 rings (SSSR count). The molecule has 0 atom stereocenters. The fourth-order valence-corrected chi connectivity index (χ4v) is 3.32. The number of fused-ring (bicyclic) bond motifs is 1. The van der Waals surface area contributed by atoms with Crippen LogP contribution in [0.2, 0.25) is 0 Å². The van der Waals surface area contributed by atoms with Gasteiger partial charge in [-0.15, -0.1) is 10.2 Å². The minimum absolute atomic E-state index is 0.0170. The molecule has 3 aromatic rings. The Morgan fingerprint density at radius 2 is 1.93 bits per heavy atom. The zero-order valence-corrected chi connectivity index (χ0v) is 15.5. The molecular weight excluding hydrogens is 384 g/mol. The second-order valence-corrected chi connectivity index (χ2v) is 7.03. The molecule has 0 saturated heterocycles. The molecule has 0 fully saturated rings. The highest BCUT2D eigenvalue weighted by molar-refractivity contribution is 7.99. The third-order valence-corrected chi connectivity index (χ3v) is 4.99. The summed E-state index contributed by atoms with van der Waals surface area (Å²) in [5.74, 6) is 1.90. The molecule has 10 heteroatoms. The summed E-state index contributed by atoms with van der Waals surface area (Å²) in [6.07, 6.45) is 0. The molecule has 0 saturated carbocycles. The molecule has 2 aromatic carbocycles. The predicted octanol–water partition coefficient (Wildman–Crippen LogP) is 3.46. The minimum Gasteiger partial charge on any atom is -0.454 e. The number of hydrogen-bond donors (Lipinski definition) is 1. The Kier molecular flexibility index (Phi) is 4.70. The Hall–Kier alpha value is -3.40. The number of hydrogen-bond acceptors (Lipinski definition) is 8. The maximum absolute atomic E-state index is 11.4. The van der Waals surface area contributed by atoms with Crippen LogP contribution in [0, 0.1) is 10.1 Å². The van der Waals surface area contributed by atoms with Crippen molar-refractivity contribution in [3.05, 3.63) is 46.5 Å². The predicted molar refractivity (Wildman–Crippen MR) is 101 cm³/mol. The van der Waals surface area contributed by atoms with Gasteiger partial charge in [0.15, 0.2) is 22.5 Å². The highest BCUT2D eigenvalue weighted by Crippen LogP contribution is 2.38. The van der Waals surface area contributed by atoms with Crippen molar-refractivity contribution in [3.8, 4) is 34.0 Å². The van der Waals surface area contributed by atoms with Gasteiger partial charge in [-0.3, -0.25) is 14.9 Å². The lowest BCUT2D eigenvalue weighted by Crippen LogP contribution is -1.93. The number of nitro groups is 1. The Labute approximate surface area is 163 Å². The van der Waals surface area contributed by atoms with Crippen LogP contribution in [0.4, 0.5) is 5.69 Å². The van der Waals surface area contributed by atoms with Gasteiger partial charge >= 0.3 is 0 Å². The fourth-order valence-electron chi connectivity index (χ4n) is 2.71. The van der Waals surface area contributed by atoms with E-state index in [1.807, 2.05) is 6.07 Å². The molecule has 2 heterocycles. The van der Waals surface area contributed by atoms with Crippen LogP contribution < -0.4 is 9.47 Å². The van der Waals surface area contributed by atoms with E-state index in [1.54, 1.807) is 18.2 Å². The first-order valence-corrected chi connectivity index (χ1v) is 9.23. The lowest BCUT2D eigenvalue weighted by molar-refractivity contribution is -0.384. The van der Waals surface area contributed by atoms with E-state index in [9.17, 15) is 14.9 Å². The summed E-state index contributed by atoms with van der Waals surface area (Å²) in [7, 11) is 0. The smallest absolute Gasteiger partial charge is 0.270 e. The van der Waals surface area contributed by atoms with Crippen LogP contribution in [-0.2, 0) is 4.79 Å². The van der Waals surface area contributed by atoms with E-state index in [4.69, 9.17) is 9.47 Å². The Balaban J connectivity index is 1.72. The van der Waals surface area contributed by atoms with Gasteiger partial charge in [-0.2, -0.15) is 0 Å². The third kappa shape index (κ3) is 3.67. The van der Waals surface area contributed by atoms with Crippen molar-refractivity contribution in [1.82, 2.24) is 15.2 Å². The maximum Gasteiger partial charge on any atom is 0.270 e. The van der Waals surface area contributed by atoms with Crippen molar-refractivity contribution in [2.75, 3.05) is 12.5 Å². The molecule has 1 aliphatic rings. The largest absolute Gasteiger partial charge is 0.454 e. The minimum atomic E-state index is -0.457. The number of Topliss-reactive ketones (excluding diaryl/α,β-unsaturated/α-hetero) is 1. The number of nitro benzene ring substituents is 1. The second-order valence-electron chi connectivity index (χ2n) is 6.06. The number of aromatic amines is 1. The van der Waals surface area contributed by atoms with Gasteiger partial charge < -0.3 is 14.5 Å². The topological polar surface area (TPSA) is 120 Å². The zero-order valence-electron chi connectivity index (χ0n) is 14.7. The number of nitrogens with zero attached hydrogens (tertiary/aromatic N) is 3. The van der Waals surface area contributed by atoms with E-state index in [1.165, 1.54) is 30.8 Å². The summed E-state index contributed by atoms with van der Waals surface area (Å²) in [5.41, 5.74) is 1.83. The van der Waals surface area contributed by atoms with Gasteiger partial charge in [0.05, 0.1) is 10.7 Å². The van der Waals surface area contributed by atoms with Crippen molar-refractivity contribution in [2.45, 2.75) is 12.1 Å². The van der Waals surface area contributed by atoms with Gasteiger partial charge in [-0.25, -0.2) is 0 Å². The van der Waals surface area contributed by atoms with E-state index in [-0.39, 0.29) is 24.0 Å². The molecule has 0 amide bonds. The summed E-state index contributed by atoms with van der Waals surface area (Å²) in [5, 5.41) is 19.9. The molecule has 9 nitrogen and oxygen atoms in total. The zero-order chi connectivity index (χ0) is 19.7. The highest BCUT2D eigenvalue weighted by atomic mass is 32.2. The number of benzene rings is 2. The van der Waals surface area contributed by atoms with Crippen LogP contribution in [0.1, 0.15) is 6.92 Å². The maximum atomic E-state index is 11.4. The molecule has 0 bridgehead atoms. The highest BCUT2D eigenvalue weighted by Gasteiger charge is 2.18. The molecule has 1 N–H and O–H groups in total. The Morgan fingerprint density at radius 1 is 1.14 bits per heavy atom. The van der Waals surface area contributed by atoms with Crippen LogP contribution in [0.25, 0.3) is 22.5 Å². The van der Waals surface area contributed by atoms with Crippen LogP contribution in [0.15, 0.2) is 41.6 Å². The van der Waals surface area contributed by atoms with Crippen LogP contribution in [0.3, 0.4) is 0 Å². The summed E-state index contributed by atoms with van der Waals surface area (Å²) >= 11 is 1.23. The van der Waals surface area contributed by atoms with Crippen LogP contribution in [-0.4, -0.2) is 38.4 Å². The summed E-state index contributed by atoms with van der Waals surface area (Å²) < 4.78 is 10.7. The number of aromatic nitrogens is 3. The Bertz CT molecular complexity index is 1080. The van der Waals surface area contributed by atoms with E-state index < -0.39 is 4.92 Å². The van der Waals surface area contributed by atoms with Gasteiger partial charge in [-0.05, 0) is 36.2 Å². The van der Waals surface area contributed by atoms with Gasteiger partial charge in [0.2, 0.25) is 6.79 Å². The van der Waals surface area contributed by atoms with Crippen LogP contribution >= 0.6 is 11.8 Å². The normalized spacial score (nSPS) is 12.2. The number of carbonyl (C=O) groups is 1. The third-order valence-electron chi connectivity index (χ3n) is 3.99. The summed E-state index contributed by atoms with van der Waals surface area (Å²) in [6.45, 7) is 1.64. The lowest BCUT2D eigenvalue weighted by Gasteiger charge is -2.06. The van der Waals surface area contributed by atoms with E-state index >= 15 is 0 Å². The lowest BCUT2D eigenvalue weighted by atomic mass is 10.0. The number of rotatable bonds is 6. The summed E-state index contributed by atoms with van der Waals surface area (Å²) in [6, 6.07) is 10.1. The van der Waals surface area contributed by atoms with E-state index in [0.29, 0.717) is 33.6 Å². The fraction of sp³-hybridized carbons (Fsp3) is 0.167. The number of carbonyl (C=O) groups excluding carboxylic acids is 1. The van der Waals surface area contributed by atoms with Gasteiger partial charge in [0, 0.05) is 17.7 Å².